The maximum Gasteiger partial charge on any atom is 0.265 e. The van der Waals surface area contributed by atoms with Crippen LogP contribution in [0.5, 0.6) is 5.75 Å². The Morgan fingerprint density at radius 2 is 2.14 bits per heavy atom. The highest BCUT2D eigenvalue weighted by molar-refractivity contribution is 7.18. The number of nitrogens with zero attached hydrogens (tertiary/aromatic N) is 2. The third-order valence-corrected chi connectivity index (χ3v) is 5.92. The number of aryl methyl sites for hydroxylation is 2. The quantitative estimate of drug-likeness (QED) is 0.594. The lowest BCUT2D eigenvalue weighted by Crippen LogP contribution is -2.34. The topological polar surface area (TPSA) is 105 Å². The van der Waals surface area contributed by atoms with E-state index in [1.165, 1.54) is 11.2 Å². The zero-order chi connectivity index (χ0) is 20.5. The highest BCUT2D eigenvalue weighted by Crippen LogP contribution is 2.33. The van der Waals surface area contributed by atoms with E-state index in [0.29, 0.717) is 23.7 Å². The van der Waals surface area contributed by atoms with Crippen LogP contribution in [-0.4, -0.2) is 34.4 Å². The van der Waals surface area contributed by atoms with Gasteiger partial charge in [-0.2, -0.15) is 0 Å². The van der Waals surface area contributed by atoms with E-state index in [-0.39, 0.29) is 18.2 Å². The van der Waals surface area contributed by atoms with E-state index in [1.807, 2.05) is 0 Å². The van der Waals surface area contributed by atoms with Crippen molar-refractivity contribution >= 4 is 50.6 Å². The van der Waals surface area contributed by atoms with Gasteiger partial charge in [0, 0.05) is 23.5 Å². The number of hydrogen-bond acceptors (Lipinski definition) is 7. The Balaban J connectivity index is 1.37. The van der Waals surface area contributed by atoms with Crippen LogP contribution in [0.25, 0.3) is 10.2 Å². The van der Waals surface area contributed by atoms with E-state index < -0.39 is 6.10 Å². The number of carbonyl (C=O) groups is 2. The Hall–Kier alpha value is -3.20. The molecule has 29 heavy (non-hydrogen) atoms. The normalized spacial score (nSPS) is 15.4. The van der Waals surface area contributed by atoms with E-state index >= 15 is 0 Å². The molecule has 0 saturated carbocycles. The van der Waals surface area contributed by atoms with Gasteiger partial charge in [0.1, 0.15) is 22.7 Å². The molecule has 1 aromatic carbocycles. The molecule has 9 heteroatoms. The summed E-state index contributed by atoms with van der Waals surface area (Å²) in [4.78, 5) is 34.8. The minimum absolute atomic E-state index is 0.141. The number of nitrogens with one attached hydrogen (secondary N) is 3. The van der Waals surface area contributed by atoms with Crippen LogP contribution in [0.1, 0.15) is 23.8 Å². The van der Waals surface area contributed by atoms with Gasteiger partial charge in [-0.05, 0) is 44.5 Å². The Morgan fingerprint density at radius 3 is 2.97 bits per heavy atom. The van der Waals surface area contributed by atoms with E-state index in [1.54, 1.807) is 36.5 Å². The number of carbonyl (C=O) groups excluding carboxylic acids is 2. The zero-order valence-electron chi connectivity index (χ0n) is 16.3. The summed E-state index contributed by atoms with van der Waals surface area (Å²) in [5, 5.41) is 9.86. The van der Waals surface area contributed by atoms with Crippen molar-refractivity contribution in [3.8, 4) is 5.75 Å². The molecule has 3 heterocycles. The average molecular weight is 411 g/mol. The molecule has 1 aliphatic heterocycles. The van der Waals surface area contributed by atoms with Crippen LogP contribution in [0.3, 0.4) is 0 Å². The first-order valence-corrected chi connectivity index (χ1v) is 10.1. The highest BCUT2D eigenvalue weighted by Gasteiger charge is 2.23. The fraction of sp³-hybridized carbons (Fsp3) is 0.300. The number of rotatable bonds is 5. The minimum atomic E-state index is -0.530. The molecule has 1 aliphatic rings. The number of benzene rings is 1. The summed E-state index contributed by atoms with van der Waals surface area (Å²) in [6.45, 7) is 6.24. The van der Waals surface area contributed by atoms with Crippen molar-refractivity contribution in [1.29, 1.82) is 0 Å². The predicted molar refractivity (Wildman–Crippen MR) is 114 cm³/mol. The van der Waals surface area contributed by atoms with Gasteiger partial charge in [-0.1, -0.05) is 0 Å². The summed E-state index contributed by atoms with van der Waals surface area (Å²) in [6, 6.07) is 5.17. The second-order valence-electron chi connectivity index (χ2n) is 6.87. The number of aromatic nitrogens is 2. The molecular formula is C20H21N5O3S. The predicted octanol–water partition coefficient (Wildman–Crippen LogP) is 3.47. The maximum absolute atomic E-state index is 12.3. The fourth-order valence-electron chi connectivity index (χ4n) is 3.12. The van der Waals surface area contributed by atoms with Crippen molar-refractivity contribution in [2.45, 2.75) is 33.3 Å². The van der Waals surface area contributed by atoms with Crippen LogP contribution in [0.4, 0.5) is 17.2 Å². The molecule has 3 N–H and O–H groups in total. The Bertz CT molecular complexity index is 1110. The zero-order valence-corrected chi connectivity index (χ0v) is 17.1. The van der Waals surface area contributed by atoms with Gasteiger partial charge in [0.2, 0.25) is 5.91 Å². The lowest BCUT2D eigenvalue weighted by molar-refractivity contribution is -0.122. The summed E-state index contributed by atoms with van der Waals surface area (Å²) >= 11 is 1.64. The van der Waals surface area contributed by atoms with Gasteiger partial charge in [0.05, 0.1) is 11.1 Å². The summed E-state index contributed by atoms with van der Waals surface area (Å²) in [7, 11) is 0. The molecule has 8 nitrogen and oxygen atoms in total. The van der Waals surface area contributed by atoms with Gasteiger partial charge in [-0.25, -0.2) is 9.97 Å². The van der Waals surface area contributed by atoms with Crippen LogP contribution in [0, 0.1) is 13.8 Å². The van der Waals surface area contributed by atoms with Crippen molar-refractivity contribution in [2.24, 2.45) is 0 Å². The summed E-state index contributed by atoms with van der Waals surface area (Å²) in [5.74, 6) is 0.982. The molecule has 1 atom stereocenters. The molecule has 0 bridgehead atoms. The van der Waals surface area contributed by atoms with E-state index in [2.05, 4.69) is 39.8 Å². The Kier molecular flexibility index (Phi) is 5.06. The molecular weight excluding hydrogens is 390 g/mol. The van der Waals surface area contributed by atoms with Crippen LogP contribution >= 0.6 is 11.3 Å². The monoisotopic (exact) mass is 411 g/mol. The number of fused-ring (bicyclic) bond motifs is 2. The van der Waals surface area contributed by atoms with Crippen LogP contribution in [-0.2, 0) is 9.59 Å². The molecule has 0 fully saturated rings. The number of thiophene rings is 1. The summed E-state index contributed by atoms with van der Waals surface area (Å²) in [5.41, 5.74) is 2.31. The SMILES string of the molecule is Cc1sc2ncnc(NCCC(=O)Nc3ccc4c(c3)NC(=O)[C@@H](C)O4)c2c1C. The summed E-state index contributed by atoms with van der Waals surface area (Å²) < 4.78 is 5.52. The van der Waals surface area contributed by atoms with Gasteiger partial charge in [0.25, 0.3) is 5.91 Å². The molecule has 0 aliphatic carbocycles. The van der Waals surface area contributed by atoms with Crippen molar-refractivity contribution in [2.75, 3.05) is 22.5 Å². The van der Waals surface area contributed by atoms with E-state index in [4.69, 9.17) is 4.74 Å². The van der Waals surface area contributed by atoms with Crippen molar-refractivity contribution in [1.82, 2.24) is 9.97 Å². The lowest BCUT2D eigenvalue weighted by Gasteiger charge is -2.23. The first-order valence-electron chi connectivity index (χ1n) is 9.28. The van der Waals surface area contributed by atoms with Gasteiger partial charge < -0.3 is 20.7 Å². The van der Waals surface area contributed by atoms with E-state index in [0.717, 1.165) is 21.6 Å². The smallest absolute Gasteiger partial charge is 0.265 e. The first kappa shape index (κ1) is 19.1. The Labute approximate surface area is 171 Å². The van der Waals surface area contributed by atoms with Crippen molar-refractivity contribution in [3.05, 3.63) is 35.0 Å². The third kappa shape index (κ3) is 3.86. The van der Waals surface area contributed by atoms with E-state index in [9.17, 15) is 9.59 Å². The molecule has 150 valence electrons. The Morgan fingerprint density at radius 1 is 1.31 bits per heavy atom. The average Bonchev–Trinajstić information content (AvgIpc) is 2.98. The van der Waals surface area contributed by atoms with Gasteiger partial charge in [0.15, 0.2) is 6.10 Å². The van der Waals surface area contributed by atoms with Crippen molar-refractivity contribution in [3.63, 3.8) is 0 Å². The number of hydrogen-bond donors (Lipinski definition) is 3. The van der Waals surface area contributed by atoms with Gasteiger partial charge in [-0.15, -0.1) is 11.3 Å². The van der Waals surface area contributed by atoms with Gasteiger partial charge >= 0.3 is 0 Å². The van der Waals surface area contributed by atoms with Crippen molar-refractivity contribution < 1.29 is 14.3 Å². The standard InChI is InChI=1S/C20H21N5O3S/c1-10-12(3)29-20-17(10)18(22-9-23-20)21-7-6-16(26)24-13-4-5-15-14(8-13)25-19(27)11(2)28-15/h4-5,8-9,11H,6-7H2,1-3H3,(H,24,26)(H,25,27)(H,21,22,23)/t11-/m1/s1. The molecule has 2 amide bonds. The van der Waals surface area contributed by atoms with Crippen LogP contribution < -0.4 is 20.7 Å². The lowest BCUT2D eigenvalue weighted by atomic mass is 10.2. The molecule has 2 aromatic heterocycles. The highest BCUT2D eigenvalue weighted by atomic mass is 32.1. The number of ether oxygens (including phenoxy) is 1. The molecule has 0 radical (unpaired) electrons. The molecule has 3 aromatic rings. The first-order chi connectivity index (χ1) is 13.9. The van der Waals surface area contributed by atoms with Gasteiger partial charge in [-0.3, -0.25) is 9.59 Å². The van der Waals surface area contributed by atoms with Crippen LogP contribution in [0.2, 0.25) is 0 Å². The fourth-order valence-corrected chi connectivity index (χ4v) is 4.12. The molecule has 4 rings (SSSR count). The third-order valence-electron chi connectivity index (χ3n) is 4.80. The molecule has 0 spiro atoms. The number of anilines is 3. The second kappa shape index (κ2) is 7.67. The van der Waals surface area contributed by atoms with Crippen LogP contribution in [0.15, 0.2) is 24.5 Å². The second-order valence-corrected chi connectivity index (χ2v) is 8.07. The molecule has 0 saturated heterocycles. The summed E-state index contributed by atoms with van der Waals surface area (Å²) in [6.07, 6.45) is 1.27. The maximum atomic E-state index is 12.3. The molecule has 0 unspecified atom stereocenters. The number of amides is 2. The largest absolute Gasteiger partial charge is 0.479 e. The minimum Gasteiger partial charge on any atom is -0.479 e.